The molecular weight excluding hydrogens is 516 g/mol. The minimum atomic E-state index is -4.15. The highest BCUT2D eigenvalue weighted by Crippen LogP contribution is 2.30. The van der Waals surface area contributed by atoms with E-state index in [9.17, 15) is 23.1 Å². The minimum Gasteiger partial charge on any atom is -0.497 e. The maximum Gasteiger partial charge on any atom is 0.323 e. The first-order valence-electron chi connectivity index (χ1n) is 12.5. The van der Waals surface area contributed by atoms with Gasteiger partial charge in [-0.2, -0.15) is 4.31 Å². The van der Waals surface area contributed by atoms with Crippen LogP contribution in [0.4, 0.5) is 0 Å². The number of piperazine rings is 1. The molecule has 0 radical (unpaired) electrons. The van der Waals surface area contributed by atoms with E-state index in [0.29, 0.717) is 11.1 Å². The molecule has 0 bridgehead atoms. The molecule has 1 fully saturated rings. The van der Waals surface area contributed by atoms with Gasteiger partial charge in [0.1, 0.15) is 11.8 Å². The van der Waals surface area contributed by atoms with Crippen molar-refractivity contribution >= 4 is 32.7 Å². The van der Waals surface area contributed by atoms with E-state index < -0.39 is 28.0 Å². The Morgan fingerprint density at radius 3 is 2.03 bits per heavy atom. The number of carboxylic acid groups (broad SMARTS) is 1. The molecular formula is C30H28N2O6S. The topological polar surface area (TPSA) is 104 Å². The van der Waals surface area contributed by atoms with Crippen molar-refractivity contribution < 1.29 is 27.9 Å². The van der Waals surface area contributed by atoms with Gasteiger partial charge in [0.15, 0.2) is 0 Å². The van der Waals surface area contributed by atoms with Gasteiger partial charge in [-0.1, -0.05) is 72.8 Å². The van der Waals surface area contributed by atoms with Gasteiger partial charge in [0.25, 0.3) is 0 Å². The van der Waals surface area contributed by atoms with Crippen LogP contribution < -0.4 is 4.74 Å². The lowest BCUT2D eigenvalue weighted by atomic mass is 9.89. The second-order valence-corrected chi connectivity index (χ2v) is 11.3. The molecule has 39 heavy (non-hydrogen) atoms. The summed E-state index contributed by atoms with van der Waals surface area (Å²) in [6.45, 7) is -0.320. The number of ether oxygens (including phenoxy) is 1. The van der Waals surface area contributed by atoms with Gasteiger partial charge in [-0.15, -0.1) is 0 Å². The molecule has 0 aromatic heterocycles. The second-order valence-electron chi connectivity index (χ2n) is 9.38. The number of rotatable bonds is 7. The van der Waals surface area contributed by atoms with Crippen molar-refractivity contribution in [3.05, 3.63) is 108 Å². The van der Waals surface area contributed by atoms with Crippen molar-refractivity contribution in [2.45, 2.75) is 16.9 Å². The summed E-state index contributed by atoms with van der Waals surface area (Å²) in [5.41, 5.74) is 1.56. The third-order valence-corrected chi connectivity index (χ3v) is 8.97. The molecule has 9 heteroatoms. The number of fused-ring (bicyclic) bond motifs is 1. The fourth-order valence-corrected chi connectivity index (χ4v) is 6.63. The van der Waals surface area contributed by atoms with Crippen LogP contribution >= 0.6 is 0 Å². The molecule has 1 heterocycles. The third kappa shape index (κ3) is 5.23. The maximum atomic E-state index is 13.8. The van der Waals surface area contributed by atoms with E-state index in [1.54, 1.807) is 31.4 Å². The summed E-state index contributed by atoms with van der Waals surface area (Å²) in [6, 6.07) is 27.1. The van der Waals surface area contributed by atoms with Crippen molar-refractivity contribution in [3.63, 3.8) is 0 Å². The molecule has 8 nitrogen and oxygen atoms in total. The zero-order valence-electron chi connectivity index (χ0n) is 21.3. The Labute approximate surface area is 227 Å². The number of nitrogens with zero attached hydrogens (tertiary/aromatic N) is 2. The Kier molecular flexibility index (Phi) is 7.36. The molecule has 1 aliphatic heterocycles. The van der Waals surface area contributed by atoms with E-state index in [-0.39, 0.29) is 30.4 Å². The van der Waals surface area contributed by atoms with Gasteiger partial charge in [0, 0.05) is 19.6 Å². The quantitative estimate of drug-likeness (QED) is 0.378. The number of carbonyl (C=O) groups excluding carboxylic acids is 1. The van der Waals surface area contributed by atoms with E-state index in [1.807, 2.05) is 60.7 Å². The van der Waals surface area contributed by atoms with Gasteiger partial charge in [-0.25, -0.2) is 8.42 Å². The summed E-state index contributed by atoms with van der Waals surface area (Å²) in [7, 11) is -2.60. The van der Waals surface area contributed by atoms with Crippen LogP contribution in [0.1, 0.15) is 17.0 Å². The largest absolute Gasteiger partial charge is 0.497 e. The number of amides is 1. The minimum absolute atomic E-state index is 0.00218. The lowest BCUT2D eigenvalue weighted by Crippen LogP contribution is -2.59. The normalized spacial score (nSPS) is 16.4. The summed E-state index contributed by atoms with van der Waals surface area (Å²) < 4.78 is 33.5. The number of benzene rings is 4. The number of methoxy groups -OCH3 is 1. The number of hydrogen-bond acceptors (Lipinski definition) is 5. The molecule has 4 aromatic rings. The van der Waals surface area contributed by atoms with Crippen molar-refractivity contribution in [3.8, 4) is 5.75 Å². The first-order valence-corrected chi connectivity index (χ1v) is 13.9. The summed E-state index contributed by atoms with van der Waals surface area (Å²) in [5.74, 6) is -1.57. The maximum absolute atomic E-state index is 13.8. The monoisotopic (exact) mass is 544 g/mol. The standard InChI is InChI=1S/C30H28N2O6S/c1-38-25-14-12-24-19-26(15-13-23(24)18-25)39(36,37)32-17-16-31(20-27(32)30(34)35)29(33)28(21-8-4-2-5-9-21)22-10-6-3-7-11-22/h2-15,18-19,27-28H,16-17,20H2,1H3,(H,34,35). The highest BCUT2D eigenvalue weighted by Gasteiger charge is 2.42. The molecule has 200 valence electrons. The lowest BCUT2D eigenvalue weighted by Gasteiger charge is -2.39. The molecule has 1 amide bonds. The molecule has 1 atom stereocenters. The summed E-state index contributed by atoms with van der Waals surface area (Å²) in [6.07, 6.45) is 0. The number of sulfonamides is 1. The van der Waals surface area contributed by atoms with Gasteiger partial charge in [-0.3, -0.25) is 9.59 Å². The fraction of sp³-hybridized carbons (Fsp3) is 0.200. The highest BCUT2D eigenvalue weighted by atomic mass is 32.2. The molecule has 1 N–H and O–H groups in total. The SMILES string of the molecule is COc1ccc2cc(S(=O)(=O)N3CCN(C(=O)C(c4ccccc4)c4ccccc4)CC3C(=O)O)ccc2c1. The van der Waals surface area contributed by atoms with Crippen molar-refractivity contribution in [2.75, 3.05) is 26.7 Å². The first-order chi connectivity index (χ1) is 18.8. The zero-order chi connectivity index (χ0) is 27.6. The molecule has 1 aliphatic rings. The number of hydrogen-bond donors (Lipinski definition) is 1. The van der Waals surface area contributed by atoms with Crippen molar-refractivity contribution in [1.29, 1.82) is 0 Å². The Hall–Kier alpha value is -4.21. The average molecular weight is 545 g/mol. The van der Waals surface area contributed by atoms with Crippen LogP contribution in [0, 0.1) is 0 Å². The summed E-state index contributed by atoms with van der Waals surface area (Å²) >= 11 is 0. The van der Waals surface area contributed by atoms with Crippen LogP contribution in [0.15, 0.2) is 102 Å². The average Bonchev–Trinajstić information content (AvgIpc) is 2.97. The molecule has 0 saturated carbocycles. The zero-order valence-corrected chi connectivity index (χ0v) is 22.1. The highest BCUT2D eigenvalue weighted by molar-refractivity contribution is 7.89. The van der Waals surface area contributed by atoms with Gasteiger partial charge in [0.05, 0.1) is 17.9 Å². The van der Waals surface area contributed by atoms with Crippen LogP contribution in [-0.4, -0.2) is 67.4 Å². The van der Waals surface area contributed by atoms with Gasteiger partial charge in [-0.05, 0) is 46.2 Å². The van der Waals surface area contributed by atoms with Gasteiger partial charge >= 0.3 is 5.97 Å². The Morgan fingerprint density at radius 1 is 0.846 bits per heavy atom. The van der Waals surface area contributed by atoms with E-state index in [2.05, 4.69) is 0 Å². The molecule has 4 aromatic carbocycles. The Morgan fingerprint density at radius 2 is 1.44 bits per heavy atom. The number of carboxylic acids is 1. The molecule has 0 aliphatic carbocycles. The van der Waals surface area contributed by atoms with Crippen molar-refractivity contribution in [2.24, 2.45) is 0 Å². The van der Waals surface area contributed by atoms with Crippen LogP contribution in [-0.2, 0) is 19.6 Å². The summed E-state index contributed by atoms with van der Waals surface area (Å²) in [5, 5.41) is 11.5. The van der Waals surface area contributed by atoms with E-state index in [1.165, 1.54) is 17.0 Å². The van der Waals surface area contributed by atoms with E-state index in [0.717, 1.165) is 20.8 Å². The summed E-state index contributed by atoms with van der Waals surface area (Å²) in [4.78, 5) is 27.7. The molecule has 5 rings (SSSR count). The first kappa shape index (κ1) is 26.4. The van der Waals surface area contributed by atoms with Gasteiger partial charge in [0.2, 0.25) is 15.9 Å². The predicted octanol–water partition coefficient (Wildman–Crippen LogP) is 3.97. The fourth-order valence-electron chi connectivity index (χ4n) is 5.03. The Balaban J connectivity index is 1.44. The lowest BCUT2D eigenvalue weighted by molar-refractivity contribution is -0.145. The number of aliphatic carboxylic acids is 1. The van der Waals surface area contributed by atoms with Crippen LogP contribution in [0.2, 0.25) is 0 Å². The van der Waals surface area contributed by atoms with Gasteiger partial charge < -0.3 is 14.7 Å². The van der Waals surface area contributed by atoms with Crippen LogP contribution in [0.25, 0.3) is 10.8 Å². The smallest absolute Gasteiger partial charge is 0.323 e. The molecule has 0 spiro atoms. The molecule has 1 saturated heterocycles. The van der Waals surface area contributed by atoms with E-state index >= 15 is 0 Å². The third-order valence-electron chi connectivity index (χ3n) is 7.07. The van der Waals surface area contributed by atoms with E-state index in [4.69, 9.17) is 4.74 Å². The van der Waals surface area contributed by atoms with Crippen LogP contribution in [0.5, 0.6) is 5.75 Å². The van der Waals surface area contributed by atoms with Crippen LogP contribution in [0.3, 0.4) is 0 Å². The number of carbonyl (C=O) groups is 2. The second kappa shape index (κ2) is 10.9. The molecule has 1 unspecified atom stereocenters. The van der Waals surface area contributed by atoms with Crippen molar-refractivity contribution in [1.82, 2.24) is 9.21 Å². The Bertz CT molecular complexity index is 1570. The predicted molar refractivity (Wildman–Crippen MR) is 147 cm³/mol.